The molecule has 0 aromatic heterocycles. The van der Waals surface area contributed by atoms with Crippen LogP contribution < -0.4 is 19.8 Å². The second kappa shape index (κ2) is 10.7. The number of rotatable bonds is 8. The second-order valence-electron chi connectivity index (χ2n) is 8.06. The lowest BCUT2D eigenvalue weighted by Gasteiger charge is -2.32. The lowest BCUT2D eigenvalue weighted by molar-refractivity contribution is -0.202. The molecule has 0 radical (unpaired) electrons. The monoisotopic (exact) mass is 492 g/mol. The zero-order valence-corrected chi connectivity index (χ0v) is 19.8. The molecule has 35 heavy (non-hydrogen) atoms. The molecule has 1 saturated heterocycles. The van der Waals surface area contributed by atoms with Crippen molar-refractivity contribution in [1.82, 2.24) is 10.2 Å². The van der Waals surface area contributed by atoms with Crippen molar-refractivity contribution in [3.8, 4) is 11.5 Å². The second-order valence-corrected chi connectivity index (χ2v) is 8.06. The van der Waals surface area contributed by atoms with E-state index in [1.54, 1.807) is 6.92 Å². The van der Waals surface area contributed by atoms with Crippen LogP contribution in [0.15, 0.2) is 29.5 Å². The summed E-state index contributed by atoms with van der Waals surface area (Å²) in [6.45, 7) is 8.66. The average Bonchev–Trinajstić information content (AvgIpc) is 3.19. The number of amides is 3. The third kappa shape index (κ3) is 5.20. The predicted octanol–water partition coefficient (Wildman–Crippen LogP) is 1.69. The number of nitroso groups, excluding NO2 is 1. The third-order valence-electron chi connectivity index (χ3n) is 5.56. The lowest BCUT2D eigenvalue weighted by Crippen LogP contribution is -2.52. The number of methoxy groups -OCH3 is 1. The Morgan fingerprint density at radius 2 is 2.03 bits per heavy atom. The van der Waals surface area contributed by atoms with Gasteiger partial charge in [0.2, 0.25) is 5.75 Å². The minimum Gasteiger partial charge on any atom is -0.493 e. The van der Waals surface area contributed by atoms with Crippen molar-refractivity contribution >= 4 is 23.6 Å². The Balaban J connectivity index is 2.03. The molecule has 2 aliphatic rings. The van der Waals surface area contributed by atoms with Crippen molar-refractivity contribution in [2.75, 3.05) is 25.2 Å². The van der Waals surface area contributed by atoms with Gasteiger partial charge in [0.1, 0.15) is 0 Å². The highest BCUT2D eigenvalue weighted by atomic mass is 17.2. The summed E-state index contributed by atoms with van der Waals surface area (Å²) in [7, 11) is 1.38. The quantitative estimate of drug-likeness (QED) is 0.181. The van der Waals surface area contributed by atoms with Gasteiger partial charge in [-0.3, -0.25) is 9.59 Å². The van der Waals surface area contributed by atoms with E-state index in [-0.39, 0.29) is 42.3 Å². The van der Waals surface area contributed by atoms with Crippen LogP contribution in [0.2, 0.25) is 0 Å². The molecule has 190 valence electrons. The largest absolute Gasteiger partial charge is 0.493 e. The SMILES string of the molecule is C=C1C[C@H]2[C@H](O)N(C(=O)OC(C)NC(=O)C(C)N=O)c3cc(OOCC)c(OC)cc3C(=O)N2C1. The van der Waals surface area contributed by atoms with Crippen LogP contribution in [0.4, 0.5) is 10.5 Å². The summed E-state index contributed by atoms with van der Waals surface area (Å²) in [6.07, 6.45) is -3.49. The maximum Gasteiger partial charge on any atom is 0.418 e. The van der Waals surface area contributed by atoms with Crippen LogP contribution in [-0.2, 0) is 14.4 Å². The Kier molecular flexibility index (Phi) is 7.92. The van der Waals surface area contributed by atoms with Gasteiger partial charge in [0.15, 0.2) is 24.2 Å². The number of aliphatic hydroxyl groups excluding tert-OH is 1. The zero-order chi connectivity index (χ0) is 25.9. The van der Waals surface area contributed by atoms with E-state index in [0.717, 1.165) is 4.90 Å². The first kappa shape index (κ1) is 25.9. The highest BCUT2D eigenvalue weighted by molar-refractivity contribution is 6.06. The molecule has 0 bridgehead atoms. The van der Waals surface area contributed by atoms with Gasteiger partial charge in [-0.1, -0.05) is 17.3 Å². The summed E-state index contributed by atoms with van der Waals surface area (Å²) in [5, 5.41) is 16.2. The summed E-state index contributed by atoms with van der Waals surface area (Å²) < 4.78 is 10.6. The fraction of sp³-hybridized carbons (Fsp3) is 0.500. The van der Waals surface area contributed by atoms with Crippen LogP contribution in [0.3, 0.4) is 0 Å². The van der Waals surface area contributed by atoms with Crippen LogP contribution in [0.1, 0.15) is 37.6 Å². The lowest BCUT2D eigenvalue weighted by atomic mass is 10.1. The minimum absolute atomic E-state index is 0.00975. The molecule has 13 nitrogen and oxygen atoms in total. The predicted molar refractivity (Wildman–Crippen MR) is 122 cm³/mol. The van der Waals surface area contributed by atoms with E-state index < -0.39 is 42.4 Å². The number of anilines is 1. The van der Waals surface area contributed by atoms with E-state index in [4.69, 9.17) is 19.2 Å². The number of hydrogen-bond acceptors (Lipinski definition) is 10. The average molecular weight is 492 g/mol. The van der Waals surface area contributed by atoms with Crippen LogP contribution in [0.25, 0.3) is 0 Å². The summed E-state index contributed by atoms with van der Waals surface area (Å²) in [5.74, 6) is -0.973. The van der Waals surface area contributed by atoms with Crippen LogP contribution in [-0.4, -0.2) is 72.7 Å². The number of nitrogens with zero attached hydrogens (tertiary/aromatic N) is 3. The molecule has 0 spiro atoms. The van der Waals surface area contributed by atoms with E-state index in [9.17, 15) is 24.4 Å². The Morgan fingerprint density at radius 1 is 1.31 bits per heavy atom. The first-order chi connectivity index (χ1) is 16.6. The topological polar surface area (TPSA) is 156 Å². The van der Waals surface area contributed by atoms with Crippen molar-refractivity contribution < 1.29 is 38.7 Å². The van der Waals surface area contributed by atoms with E-state index >= 15 is 0 Å². The van der Waals surface area contributed by atoms with Crippen LogP contribution >= 0.6 is 0 Å². The summed E-state index contributed by atoms with van der Waals surface area (Å²) in [4.78, 5) is 61.8. The first-order valence-corrected chi connectivity index (χ1v) is 10.9. The molecule has 2 heterocycles. The van der Waals surface area contributed by atoms with Gasteiger partial charge in [-0.25, -0.2) is 9.69 Å². The number of nitrogens with one attached hydrogen (secondary N) is 1. The highest BCUT2D eigenvalue weighted by Gasteiger charge is 2.46. The molecule has 1 fully saturated rings. The van der Waals surface area contributed by atoms with Crippen molar-refractivity contribution in [3.05, 3.63) is 34.8 Å². The number of hydrogen-bond donors (Lipinski definition) is 2. The molecule has 3 rings (SSSR count). The Labute approximate surface area is 201 Å². The Hall–Kier alpha value is -3.71. The normalized spacial score (nSPS) is 20.8. The third-order valence-corrected chi connectivity index (χ3v) is 5.56. The summed E-state index contributed by atoms with van der Waals surface area (Å²) >= 11 is 0. The molecule has 1 aromatic rings. The van der Waals surface area contributed by atoms with Crippen molar-refractivity contribution in [1.29, 1.82) is 0 Å². The molecule has 13 heteroatoms. The van der Waals surface area contributed by atoms with Crippen LogP contribution in [0, 0.1) is 4.91 Å². The number of carbonyl (C=O) groups excluding carboxylic acids is 3. The molecule has 2 aliphatic heterocycles. The van der Waals surface area contributed by atoms with Crippen molar-refractivity contribution in [2.45, 2.75) is 51.7 Å². The fourth-order valence-electron chi connectivity index (χ4n) is 3.87. The van der Waals surface area contributed by atoms with Crippen molar-refractivity contribution in [2.24, 2.45) is 5.18 Å². The van der Waals surface area contributed by atoms with Gasteiger partial charge >= 0.3 is 6.09 Å². The molecule has 3 amide bonds. The maximum atomic E-state index is 13.4. The Morgan fingerprint density at radius 3 is 2.66 bits per heavy atom. The molecule has 2 N–H and O–H groups in total. The fourth-order valence-corrected chi connectivity index (χ4v) is 3.87. The smallest absolute Gasteiger partial charge is 0.418 e. The van der Waals surface area contributed by atoms with Crippen molar-refractivity contribution in [3.63, 3.8) is 0 Å². The molecule has 2 unspecified atom stereocenters. The minimum atomic E-state index is -1.52. The van der Waals surface area contributed by atoms with Gasteiger partial charge in [0, 0.05) is 12.6 Å². The Bertz CT molecular complexity index is 1030. The van der Waals surface area contributed by atoms with Gasteiger partial charge in [0.05, 0.1) is 31.0 Å². The number of benzene rings is 1. The van der Waals surface area contributed by atoms with Gasteiger partial charge in [-0.05, 0) is 33.3 Å². The molecular formula is C22H28N4O9. The number of fused-ring (bicyclic) bond motifs is 2. The van der Waals surface area contributed by atoms with Crippen LogP contribution in [0.5, 0.6) is 11.5 Å². The van der Waals surface area contributed by atoms with Gasteiger partial charge in [-0.15, -0.1) is 4.91 Å². The molecule has 1 aromatic carbocycles. The van der Waals surface area contributed by atoms with E-state index in [1.807, 2.05) is 0 Å². The number of aliphatic hydroxyl groups is 1. The molecule has 4 atom stereocenters. The summed E-state index contributed by atoms with van der Waals surface area (Å²) in [6, 6.07) is 0.721. The zero-order valence-electron chi connectivity index (χ0n) is 19.8. The maximum absolute atomic E-state index is 13.4. The molecule has 0 saturated carbocycles. The standard InChI is InChI=1S/C22H28N4O9/c1-6-33-35-18-9-15-14(8-17(18)32-5)20(28)25-10-11(2)7-16(25)21(29)26(15)22(30)34-13(4)23-19(27)12(3)24-31/h8-9,12-13,16,21,29H,2,6-7,10H2,1,3-5H3,(H,23,27)/t12?,13?,16-,21-/m0/s1. The first-order valence-electron chi connectivity index (χ1n) is 10.9. The van der Waals surface area contributed by atoms with E-state index in [0.29, 0.717) is 5.57 Å². The van der Waals surface area contributed by atoms with E-state index in [2.05, 4.69) is 17.1 Å². The summed E-state index contributed by atoms with van der Waals surface area (Å²) in [5.41, 5.74) is 0.747. The van der Waals surface area contributed by atoms with E-state index in [1.165, 1.54) is 38.0 Å². The molecule has 0 aliphatic carbocycles. The van der Waals surface area contributed by atoms with Gasteiger partial charge in [-0.2, -0.15) is 4.89 Å². The number of carbonyl (C=O) groups is 3. The van der Waals surface area contributed by atoms with Gasteiger partial charge < -0.3 is 29.7 Å². The van der Waals surface area contributed by atoms with Gasteiger partial charge in [0.25, 0.3) is 11.8 Å². The highest BCUT2D eigenvalue weighted by Crippen LogP contribution is 2.41. The molecular weight excluding hydrogens is 464 g/mol. The number of ether oxygens (including phenoxy) is 2.